The summed E-state index contributed by atoms with van der Waals surface area (Å²) in [6.07, 6.45) is 0. The fraction of sp³-hybridized carbons (Fsp3) is 0.667. The Morgan fingerprint density at radius 2 is 2.00 bits per heavy atom. The van der Waals surface area contributed by atoms with Crippen LogP contribution in [0.4, 0.5) is 0 Å². The van der Waals surface area contributed by atoms with Crippen molar-refractivity contribution in [2.75, 3.05) is 0 Å². The molecular formula is C3H6ILiO2. The van der Waals surface area contributed by atoms with Crippen LogP contribution in [0.3, 0.4) is 0 Å². The van der Waals surface area contributed by atoms with Gasteiger partial charge in [0.25, 0.3) is 0 Å². The van der Waals surface area contributed by atoms with E-state index >= 15 is 0 Å². The number of carboxylic acid groups (broad SMARTS) is 1. The van der Waals surface area contributed by atoms with Gasteiger partial charge in [0.05, 0.1) is 0 Å². The van der Waals surface area contributed by atoms with Gasteiger partial charge in [-0.1, -0.05) is 22.6 Å². The fourth-order valence-electron chi connectivity index (χ4n) is 0. The first-order valence-corrected chi connectivity index (χ1v) is 2.76. The normalized spacial score (nSPS) is 11.7. The van der Waals surface area contributed by atoms with Gasteiger partial charge < -0.3 is 5.11 Å². The minimum absolute atomic E-state index is 0. The first-order chi connectivity index (χ1) is 2.64. The van der Waals surface area contributed by atoms with Gasteiger partial charge in [0.1, 0.15) is 3.92 Å². The van der Waals surface area contributed by atoms with E-state index in [0.717, 1.165) is 0 Å². The summed E-state index contributed by atoms with van der Waals surface area (Å²) in [4.78, 5) is 9.69. The Hall–Kier alpha value is 0.797. The number of aliphatic carboxylic acids is 1. The Morgan fingerprint density at radius 1 is 1.86 bits per heavy atom. The average Bonchev–Trinajstić information content (AvgIpc) is 1.36. The molecule has 0 bridgehead atoms. The molecule has 0 aliphatic rings. The third kappa shape index (κ3) is 6.80. The summed E-state index contributed by atoms with van der Waals surface area (Å²) in [5, 5.41) is 7.98. The second-order valence-corrected chi connectivity index (χ2v) is 2.82. The molecule has 4 heteroatoms. The van der Waals surface area contributed by atoms with Crippen molar-refractivity contribution in [2.24, 2.45) is 0 Å². The quantitative estimate of drug-likeness (QED) is 0.380. The summed E-state index contributed by atoms with van der Waals surface area (Å²) in [6.45, 7) is 1.63. The van der Waals surface area contributed by atoms with Crippen LogP contribution in [0.15, 0.2) is 0 Å². The number of halogens is 1. The van der Waals surface area contributed by atoms with E-state index in [-0.39, 0.29) is 22.8 Å². The van der Waals surface area contributed by atoms with Crippen molar-refractivity contribution in [1.29, 1.82) is 0 Å². The molecule has 0 heterocycles. The molecule has 1 N–H and O–H groups in total. The van der Waals surface area contributed by atoms with Gasteiger partial charge >= 0.3 is 24.8 Å². The van der Waals surface area contributed by atoms with E-state index in [1.54, 1.807) is 6.92 Å². The molecule has 1 unspecified atom stereocenters. The van der Waals surface area contributed by atoms with Crippen LogP contribution >= 0.6 is 22.6 Å². The Morgan fingerprint density at radius 3 is 2.00 bits per heavy atom. The molecule has 0 aromatic rings. The Bertz CT molecular complexity index is 64.0. The van der Waals surface area contributed by atoms with Gasteiger partial charge in [-0.15, -0.1) is 0 Å². The summed E-state index contributed by atoms with van der Waals surface area (Å²) >= 11 is 1.83. The summed E-state index contributed by atoms with van der Waals surface area (Å²) in [5.74, 6) is -0.754. The summed E-state index contributed by atoms with van der Waals surface area (Å²) in [7, 11) is 0. The molecule has 0 radical (unpaired) electrons. The van der Waals surface area contributed by atoms with Crippen LogP contribution in [0, 0.1) is 0 Å². The Labute approximate surface area is 68.0 Å². The standard InChI is InChI=1S/C3H5IO2.Li.H/c1-2(4)3(5)6;;/h2H,1H3,(H,5,6);;. The molecule has 0 saturated heterocycles. The second kappa shape index (κ2) is 4.94. The Balaban J connectivity index is 0. The van der Waals surface area contributed by atoms with E-state index in [4.69, 9.17) is 5.11 Å². The number of hydrogen-bond acceptors (Lipinski definition) is 1. The van der Waals surface area contributed by atoms with Gasteiger partial charge in [-0.25, -0.2) is 0 Å². The molecule has 0 spiro atoms. The molecule has 0 aliphatic heterocycles. The van der Waals surface area contributed by atoms with E-state index in [9.17, 15) is 4.79 Å². The molecule has 0 aliphatic carbocycles. The van der Waals surface area contributed by atoms with Crippen molar-refractivity contribution < 1.29 is 9.90 Å². The van der Waals surface area contributed by atoms with Crippen molar-refractivity contribution in [3.8, 4) is 0 Å². The second-order valence-electron chi connectivity index (χ2n) is 0.954. The van der Waals surface area contributed by atoms with Crippen LogP contribution in [-0.2, 0) is 4.79 Å². The molecule has 1 atom stereocenters. The van der Waals surface area contributed by atoms with Crippen LogP contribution in [0.5, 0.6) is 0 Å². The van der Waals surface area contributed by atoms with Crippen LogP contribution in [-0.4, -0.2) is 33.9 Å². The molecule has 7 heavy (non-hydrogen) atoms. The molecule has 0 fully saturated rings. The molecule has 0 amide bonds. The monoisotopic (exact) mass is 208 g/mol. The maximum absolute atomic E-state index is 9.69. The van der Waals surface area contributed by atoms with E-state index in [1.807, 2.05) is 22.6 Å². The topological polar surface area (TPSA) is 37.3 Å². The first kappa shape index (κ1) is 10.7. The van der Waals surface area contributed by atoms with E-state index in [0.29, 0.717) is 0 Å². The average molecular weight is 208 g/mol. The van der Waals surface area contributed by atoms with Gasteiger partial charge in [-0.05, 0) is 6.92 Å². The molecule has 0 aromatic carbocycles. The van der Waals surface area contributed by atoms with Crippen LogP contribution in [0.1, 0.15) is 6.92 Å². The van der Waals surface area contributed by atoms with Gasteiger partial charge in [0.15, 0.2) is 0 Å². The van der Waals surface area contributed by atoms with Gasteiger partial charge in [0, 0.05) is 0 Å². The third-order valence-electron chi connectivity index (χ3n) is 0.340. The number of carboxylic acids is 1. The van der Waals surface area contributed by atoms with Crippen molar-refractivity contribution in [2.45, 2.75) is 10.8 Å². The molecule has 0 saturated carbocycles. The summed E-state index contributed by atoms with van der Waals surface area (Å²) < 4.78 is -0.261. The van der Waals surface area contributed by atoms with E-state index in [1.165, 1.54) is 0 Å². The maximum atomic E-state index is 9.69. The zero-order valence-electron chi connectivity index (χ0n) is 3.31. The number of rotatable bonds is 1. The molecule has 0 rings (SSSR count). The molecule has 0 aromatic heterocycles. The van der Waals surface area contributed by atoms with Crippen molar-refractivity contribution in [3.05, 3.63) is 0 Å². The van der Waals surface area contributed by atoms with Crippen LogP contribution < -0.4 is 0 Å². The number of alkyl halides is 1. The van der Waals surface area contributed by atoms with Gasteiger partial charge in [-0.3, -0.25) is 4.79 Å². The van der Waals surface area contributed by atoms with Crippen molar-refractivity contribution in [1.82, 2.24) is 0 Å². The molecule has 38 valence electrons. The number of hydrogen-bond donors (Lipinski definition) is 1. The molecule has 2 nitrogen and oxygen atoms in total. The summed E-state index contributed by atoms with van der Waals surface area (Å²) in [5.41, 5.74) is 0. The SMILES string of the molecule is CC(I)C(=O)O.[LiH]. The predicted octanol–water partition coefficient (Wildman–Crippen LogP) is 0.246. The van der Waals surface area contributed by atoms with Crippen LogP contribution in [0.25, 0.3) is 0 Å². The van der Waals surface area contributed by atoms with E-state index < -0.39 is 5.97 Å². The van der Waals surface area contributed by atoms with Gasteiger partial charge in [0.2, 0.25) is 0 Å². The van der Waals surface area contributed by atoms with Crippen molar-refractivity contribution in [3.63, 3.8) is 0 Å². The van der Waals surface area contributed by atoms with Crippen LogP contribution in [0.2, 0.25) is 0 Å². The third-order valence-corrected chi connectivity index (χ3v) is 0.873. The van der Waals surface area contributed by atoms with E-state index in [2.05, 4.69) is 0 Å². The van der Waals surface area contributed by atoms with Gasteiger partial charge in [-0.2, -0.15) is 0 Å². The first-order valence-electron chi connectivity index (χ1n) is 1.51. The minimum atomic E-state index is -0.754. The zero-order chi connectivity index (χ0) is 5.15. The molecular weight excluding hydrogens is 202 g/mol. The predicted molar refractivity (Wildman–Crippen MR) is 38.3 cm³/mol. The zero-order valence-corrected chi connectivity index (χ0v) is 5.47. The summed E-state index contributed by atoms with van der Waals surface area (Å²) in [6, 6.07) is 0. The Kier molecular flexibility index (Phi) is 7.57. The fourth-order valence-corrected chi connectivity index (χ4v) is 0. The van der Waals surface area contributed by atoms with Crippen molar-refractivity contribution >= 4 is 47.4 Å². The number of carbonyl (C=O) groups is 1.